The van der Waals surface area contributed by atoms with Crippen molar-refractivity contribution in [3.8, 4) is 0 Å². The van der Waals surface area contributed by atoms with E-state index in [-0.39, 0.29) is 6.61 Å². The van der Waals surface area contributed by atoms with Gasteiger partial charge in [0, 0.05) is 6.61 Å². The minimum Gasteiger partial charge on any atom is -0.480 e. The Balaban J connectivity index is 2.44. The molecule has 1 fully saturated rings. The minimum absolute atomic E-state index is 0.263. The molecular weight excluding hydrogens is 230 g/mol. The Hall–Kier alpha value is -0.610. The van der Waals surface area contributed by atoms with E-state index in [2.05, 4.69) is 11.8 Å². The van der Waals surface area contributed by atoms with Crippen LogP contribution in [0.25, 0.3) is 0 Å². The van der Waals surface area contributed by atoms with E-state index < -0.39 is 11.5 Å². The second kappa shape index (κ2) is 7.74. The summed E-state index contributed by atoms with van der Waals surface area (Å²) in [7, 11) is 0. The van der Waals surface area contributed by atoms with Gasteiger partial charge >= 0.3 is 5.97 Å². The fraction of sp³-hybridized carbons (Fsp3) is 0.929. The van der Waals surface area contributed by atoms with Crippen LogP contribution in [0.15, 0.2) is 0 Å². The lowest BCUT2D eigenvalue weighted by molar-refractivity contribution is -0.150. The Morgan fingerprint density at radius 1 is 1.28 bits per heavy atom. The maximum atomic E-state index is 11.6. The van der Waals surface area contributed by atoms with Crippen LogP contribution in [0.1, 0.15) is 58.3 Å². The molecule has 18 heavy (non-hydrogen) atoms. The second-order valence-electron chi connectivity index (χ2n) is 5.32. The minimum atomic E-state index is -0.641. The molecule has 0 aliphatic carbocycles. The van der Waals surface area contributed by atoms with Crippen LogP contribution < -0.4 is 0 Å². The van der Waals surface area contributed by atoms with Crippen molar-refractivity contribution in [1.29, 1.82) is 0 Å². The Bertz CT molecular complexity index is 257. The molecule has 1 atom stereocenters. The zero-order chi connectivity index (χ0) is 13.4. The molecule has 4 nitrogen and oxygen atoms in total. The molecule has 0 saturated carbocycles. The Morgan fingerprint density at radius 3 is 2.61 bits per heavy atom. The highest BCUT2D eigenvalue weighted by Crippen LogP contribution is 2.34. The van der Waals surface area contributed by atoms with Gasteiger partial charge in [0.15, 0.2) is 0 Å². The van der Waals surface area contributed by atoms with Crippen molar-refractivity contribution in [2.45, 2.75) is 63.8 Å². The standard InChI is InChI=1S/C14H27NO3/c1-2-8-14(13(17)18)9-7-11-15(14)10-5-3-4-6-12-16/h16H,2-12H2,1H3,(H,17,18). The first-order chi connectivity index (χ1) is 8.67. The number of hydrogen-bond acceptors (Lipinski definition) is 3. The number of hydrogen-bond donors (Lipinski definition) is 2. The number of nitrogens with zero attached hydrogens (tertiary/aromatic N) is 1. The lowest BCUT2D eigenvalue weighted by atomic mass is 9.90. The summed E-state index contributed by atoms with van der Waals surface area (Å²) in [6, 6.07) is 0. The zero-order valence-corrected chi connectivity index (χ0v) is 11.5. The molecule has 1 aliphatic heterocycles. The van der Waals surface area contributed by atoms with Gasteiger partial charge < -0.3 is 10.2 Å². The molecule has 1 unspecified atom stereocenters. The highest BCUT2D eigenvalue weighted by atomic mass is 16.4. The van der Waals surface area contributed by atoms with Crippen molar-refractivity contribution in [3.05, 3.63) is 0 Å². The van der Waals surface area contributed by atoms with E-state index in [0.29, 0.717) is 0 Å². The van der Waals surface area contributed by atoms with Crippen molar-refractivity contribution in [3.63, 3.8) is 0 Å². The first kappa shape index (κ1) is 15.4. The number of rotatable bonds is 9. The summed E-state index contributed by atoms with van der Waals surface area (Å²) in [4.78, 5) is 13.8. The van der Waals surface area contributed by atoms with Gasteiger partial charge in [0.2, 0.25) is 0 Å². The highest BCUT2D eigenvalue weighted by Gasteiger charge is 2.46. The molecule has 0 aromatic carbocycles. The van der Waals surface area contributed by atoms with Crippen molar-refractivity contribution in [2.75, 3.05) is 19.7 Å². The lowest BCUT2D eigenvalue weighted by Gasteiger charge is -2.34. The largest absolute Gasteiger partial charge is 0.480 e. The van der Waals surface area contributed by atoms with Crippen LogP contribution in [-0.4, -0.2) is 46.3 Å². The number of likely N-dealkylation sites (tertiary alicyclic amines) is 1. The maximum Gasteiger partial charge on any atom is 0.324 e. The predicted molar refractivity (Wildman–Crippen MR) is 71.6 cm³/mol. The number of carboxylic acids is 1. The molecule has 1 saturated heterocycles. The highest BCUT2D eigenvalue weighted by molar-refractivity contribution is 5.79. The maximum absolute atomic E-state index is 11.6. The number of carboxylic acid groups (broad SMARTS) is 1. The number of aliphatic hydroxyl groups is 1. The summed E-state index contributed by atoms with van der Waals surface area (Å²) < 4.78 is 0. The molecule has 0 aromatic rings. The fourth-order valence-corrected chi connectivity index (χ4v) is 3.07. The summed E-state index contributed by atoms with van der Waals surface area (Å²) in [5, 5.41) is 18.2. The van der Waals surface area contributed by atoms with E-state index in [1.165, 1.54) is 0 Å². The van der Waals surface area contributed by atoms with Crippen molar-refractivity contribution in [2.24, 2.45) is 0 Å². The normalized spacial score (nSPS) is 24.6. The van der Waals surface area contributed by atoms with Crippen molar-refractivity contribution < 1.29 is 15.0 Å². The van der Waals surface area contributed by atoms with Gasteiger partial charge in [-0.15, -0.1) is 0 Å². The third-order valence-electron chi connectivity index (χ3n) is 4.02. The van der Waals surface area contributed by atoms with Crippen LogP contribution in [0.3, 0.4) is 0 Å². The van der Waals surface area contributed by atoms with Gasteiger partial charge in [-0.1, -0.05) is 26.2 Å². The van der Waals surface area contributed by atoms with Crippen LogP contribution in [0, 0.1) is 0 Å². The van der Waals surface area contributed by atoms with Crippen molar-refractivity contribution in [1.82, 2.24) is 4.90 Å². The molecule has 1 heterocycles. The zero-order valence-electron chi connectivity index (χ0n) is 11.5. The van der Waals surface area contributed by atoms with Gasteiger partial charge in [-0.2, -0.15) is 0 Å². The molecule has 4 heteroatoms. The van der Waals surface area contributed by atoms with Crippen LogP contribution >= 0.6 is 0 Å². The quantitative estimate of drug-likeness (QED) is 0.622. The number of aliphatic hydroxyl groups excluding tert-OH is 1. The first-order valence-electron chi connectivity index (χ1n) is 7.26. The van der Waals surface area contributed by atoms with E-state index in [9.17, 15) is 9.90 Å². The third kappa shape index (κ3) is 3.69. The van der Waals surface area contributed by atoms with Gasteiger partial charge in [-0.25, -0.2) is 0 Å². The van der Waals surface area contributed by atoms with Crippen LogP contribution in [0.5, 0.6) is 0 Å². The Labute approximate surface area is 110 Å². The van der Waals surface area contributed by atoms with E-state index in [0.717, 1.165) is 64.5 Å². The number of unbranched alkanes of at least 4 members (excludes halogenated alkanes) is 3. The summed E-state index contributed by atoms with van der Waals surface area (Å²) >= 11 is 0. The topological polar surface area (TPSA) is 60.8 Å². The monoisotopic (exact) mass is 257 g/mol. The molecular formula is C14H27NO3. The second-order valence-corrected chi connectivity index (χ2v) is 5.32. The Kier molecular flexibility index (Phi) is 6.65. The smallest absolute Gasteiger partial charge is 0.324 e. The van der Waals surface area contributed by atoms with Gasteiger partial charge in [-0.3, -0.25) is 9.69 Å². The molecule has 2 N–H and O–H groups in total. The number of carbonyl (C=O) groups is 1. The SMILES string of the molecule is CCCC1(C(=O)O)CCCN1CCCCCCO. The lowest BCUT2D eigenvalue weighted by Crippen LogP contribution is -2.50. The van der Waals surface area contributed by atoms with Crippen LogP contribution in [0.4, 0.5) is 0 Å². The average molecular weight is 257 g/mol. The summed E-state index contributed by atoms with van der Waals surface area (Å²) in [6.07, 6.45) is 7.51. The van der Waals surface area contributed by atoms with E-state index in [4.69, 9.17) is 5.11 Å². The molecule has 0 bridgehead atoms. The van der Waals surface area contributed by atoms with Gasteiger partial charge in [-0.05, 0) is 45.2 Å². The molecule has 1 rings (SSSR count). The molecule has 0 amide bonds. The van der Waals surface area contributed by atoms with E-state index >= 15 is 0 Å². The van der Waals surface area contributed by atoms with Gasteiger partial charge in [0.05, 0.1) is 0 Å². The number of aliphatic carboxylic acids is 1. The summed E-state index contributed by atoms with van der Waals surface area (Å²) in [5.74, 6) is -0.641. The molecule has 1 aliphatic rings. The molecule has 0 radical (unpaired) electrons. The Morgan fingerprint density at radius 2 is 2.00 bits per heavy atom. The molecule has 106 valence electrons. The predicted octanol–water partition coefficient (Wildman–Crippen LogP) is 2.26. The first-order valence-corrected chi connectivity index (χ1v) is 7.26. The molecule has 0 spiro atoms. The van der Waals surface area contributed by atoms with E-state index in [1.54, 1.807) is 0 Å². The summed E-state index contributed by atoms with van der Waals surface area (Å²) in [5.41, 5.74) is -0.592. The van der Waals surface area contributed by atoms with Crippen molar-refractivity contribution >= 4 is 5.97 Å². The third-order valence-corrected chi connectivity index (χ3v) is 4.02. The van der Waals surface area contributed by atoms with Crippen LogP contribution in [0.2, 0.25) is 0 Å². The van der Waals surface area contributed by atoms with Gasteiger partial charge in [0.1, 0.15) is 5.54 Å². The van der Waals surface area contributed by atoms with Gasteiger partial charge in [0.25, 0.3) is 0 Å². The summed E-state index contributed by atoms with van der Waals surface area (Å²) in [6.45, 7) is 4.13. The fourth-order valence-electron chi connectivity index (χ4n) is 3.07. The van der Waals surface area contributed by atoms with E-state index in [1.807, 2.05) is 0 Å². The molecule has 0 aromatic heterocycles. The average Bonchev–Trinajstić information content (AvgIpc) is 2.74. The van der Waals surface area contributed by atoms with Crippen LogP contribution in [-0.2, 0) is 4.79 Å².